The van der Waals surface area contributed by atoms with Crippen molar-refractivity contribution in [3.63, 3.8) is 0 Å². The van der Waals surface area contributed by atoms with Crippen LogP contribution in [0.5, 0.6) is 5.75 Å². The summed E-state index contributed by atoms with van der Waals surface area (Å²) < 4.78 is 12.2. The molecule has 4 heteroatoms. The number of rotatable bonds is 5. The summed E-state index contributed by atoms with van der Waals surface area (Å²) in [4.78, 5) is 4.83. The van der Waals surface area contributed by atoms with E-state index < -0.39 is 0 Å². The smallest absolute Gasteiger partial charge is 0.124 e. The minimum absolute atomic E-state index is 0.0844. The fraction of sp³-hybridized carbons (Fsp3) is 0.560. The lowest BCUT2D eigenvalue weighted by molar-refractivity contribution is -0.104. The highest BCUT2D eigenvalue weighted by atomic mass is 16.5. The Balaban J connectivity index is 1.34. The van der Waals surface area contributed by atoms with E-state index in [9.17, 15) is 0 Å². The number of aromatic nitrogens is 1. The van der Waals surface area contributed by atoms with E-state index in [-0.39, 0.29) is 11.0 Å². The number of nitrogens with one attached hydrogen (secondary N) is 1. The summed E-state index contributed by atoms with van der Waals surface area (Å²) in [7, 11) is 0. The number of para-hydroxylation sites is 1. The Morgan fingerprint density at radius 2 is 1.86 bits per heavy atom. The van der Waals surface area contributed by atoms with E-state index in [0.29, 0.717) is 6.04 Å². The van der Waals surface area contributed by atoms with Crippen LogP contribution in [0.25, 0.3) is 0 Å². The Bertz CT molecular complexity index is 819. The van der Waals surface area contributed by atoms with Crippen molar-refractivity contribution in [1.82, 2.24) is 10.3 Å². The normalized spacial score (nSPS) is 28.1. The van der Waals surface area contributed by atoms with Crippen molar-refractivity contribution in [1.29, 1.82) is 0 Å². The van der Waals surface area contributed by atoms with E-state index in [0.717, 1.165) is 51.2 Å². The Morgan fingerprint density at radius 3 is 2.72 bits per heavy atom. The molecule has 2 aromatic rings. The van der Waals surface area contributed by atoms with Crippen LogP contribution in [0.4, 0.5) is 0 Å². The lowest BCUT2D eigenvalue weighted by Crippen LogP contribution is -2.47. The Labute approximate surface area is 174 Å². The number of hydrogen-bond donors (Lipinski definition) is 1. The van der Waals surface area contributed by atoms with Gasteiger partial charge in [-0.2, -0.15) is 0 Å². The molecule has 1 saturated carbocycles. The van der Waals surface area contributed by atoms with Crippen molar-refractivity contribution in [3.8, 4) is 5.75 Å². The molecule has 1 aromatic heterocycles. The predicted octanol–water partition coefficient (Wildman–Crippen LogP) is 4.95. The van der Waals surface area contributed by atoms with Crippen molar-refractivity contribution in [2.24, 2.45) is 0 Å². The first-order valence-electron chi connectivity index (χ1n) is 11.3. The van der Waals surface area contributed by atoms with Gasteiger partial charge in [-0.1, -0.05) is 37.1 Å². The number of pyridine rings is 1. The molecule has 3 heterocycles. The monoisotopic (exact) mass is 392 g/mol. The second-order valence-corrected chi connectivity index (χ2v) is 9.09. The average Bonchev–Trinajstić information content (AvgIpc) is 3.22. The number of fused-ring (bicyclic) bond motifs is 1. The number of hydrogen-bond acceptors (Lipinski definition) is 4. The summed E-state index contributed by atoms with van der Waals surface area (Å²) in [5.74, 6) is 1.03. The van der Waals surface area contributed by atoms with Crippen molar-refractivity contribution < 1.29 is 9.47 Å². The van der Waals surface area contributed by atoms with E-state index in [1.54, 1.807) is 0 Å². The van der Waals surface area contributed by atoms with Crippen LogP contribution in [0.1, 0.15) is 68.7 Å². The van der Waals surface area contributed by atoms with Crippen LogP contribution in [0.15, 0.2) is 48.7 Å². The fourth-order valence-corrected chi connectivity index (χ4v) is 5.84. The lowest BCUT2D eigenvalue weighted by Gasteiger charge is -2.46. The minimum Gasteiger partial charge on any atom is -0.493 e. The van der Waals surface area contributed by atoms with Crippen molar-refractivity contribution in [2.75, 3.05) is 19.8 Å². The van der Waals surface area contributed by atoms with Gasteiger partial charge in [0, 0.05) is 41.9 Å². The zero-order chi connectivity index (χ0) is 19.6. The van der Waals surface area contributed by atoms with E-state index in [1.807, 2.05) is 12.3 Å². The average molecular weight is 393 g/mol. The third-order valence-electron chi connectivity index (χ3n) is 7.33. The van der Waals surface area contributed by atoms with Gasteiger partial charge in [-0.15, -0.1) is 0 Å². The highest BCUT2D eigenvalue weighted by Crippen LogP contribution is 2.49. The number of benzene rings is 1. The van der Waals surface area contributed by atoms with Gasteiger partial charge in [-0.3, -0.25) is 4.98 Å². The predicted molar refractivity (Wildman–Crippen MR) is 114 cm³/mol. The van der Waals surface area contributed by atoms with Crippen LogP contribution in [-0.2, 0) is 10.2 Å². The summed E-state index contributed by atoms with van der Waals surface area (Å²) in [5, 5.41) is 3.85. The molecule has 0 amide bonds. The molecule has 3 aliphatic rings. The molecule has 1 saturated heterocycles. The Kier molecular flexibility index (Phi) is 5.31. The molecule has 0 bridgehead atoms. The van der Waals surface area contributed by atoms with Gasteiger partial charge in [-0.25, -0.2) is 0 Å². The number of ether oxygens (including phenoxy) is 2. The summed E-state index contributed by atoms with van der Waals surface area (Å²) >= 11 is 0. The van der Waals surface area contributed by atoms with Crippen LogP contribution in [0.3, 0.4) is 0 Å². The van der Waals surface area contributed by atoms with Gasteiger partial charge in [-0.05, 0) is 56.8 Å². The maximum Gasteiger partial charge on any atom is 0.124 e. The molecule has 1 aliphatic carbocycles. The molecule has 1 aromatic carbocycles. The summed E-state index contributed by atoms with van der Waals surface area (Å²) in [6, 6.07) is 15.2. The van der Waals surface area contributed by atoms with E-state index in [4.69, 9.17) is 14.5 Å². The standard InChI is InChI=1S/C25H32N2O2/c1-2-8-22-20(7-1)21(10-17-28-22)26-16-13-24(23-9-3-6-15-27-23)14-18-29-25(19-24)11-4-5-12-25/h1-3,6-9,15,21,26H,4-5,10-14,16-19H2/t21-,24+/m0/s1. The molecular weight excluding hydrogens is 360 g/mol. The lowest BCUT2D eigenvalue weighted by atomic mass is 9.68. The van der Waals surface area contributed by atoms with Crippen molar-refractivity contribution >= 4 is 0 Å². The van der Waals surface area contributed by atoms with Crippen LogP contribution in [0, 0.1) is 0 Å². The van der Waals surface area contributed by atoms with Gasteiger partial charge in [0.25, 0.3) is 0 Å². The maximum absolute atomic E-state index is 6.38. The first-order valence-corrected chi connectivity index (χ1v) is 11.3. The third kappa shape index (κ3) is 3.80. The molecule has 5 rings (SSSR count). The van der Waals surface area contributed by atoms with Crippen LogP contribution in [0.2, 0.25) is 0 Å². The Hall–Kier alpha value is -1.91. The third-order valence-corrected chi connectivity index (χ3v) is 7.33. The molecule has 0 unspecified atom stereocenters. The highest BCUT2D eigenvalue weighted by molar-refractivity contribution is 5.37. The van der Waals surface area contributed by atoms with E-state index in [1.165, 1.54) is 36.9 Å². The minimum atomic E-state index is 0.0844. The van der Waals surface area contributed by atoms with Crippen LogP contribution < -0.4 is 10.1 Å². The quantitative estimate of drug-likeness (QED) is 0.782. The van der Waals surface area contributed by atoms with Crippen molar-refractivity contribution in [2.45, 2.75) is 68.4 Å². The van der Waals surface area contributed by atoms with Gasteiger partial charge in [0.2, 0.25) is 0 Å². The van der Waals surface area contributed by atoms with Gasteiger partial charge in [0.1, 0.15) is 5.75 Å². The summed E-state index contributed by atoms with van der Waals surface area (Å²) in [6.45, 7) is 2.64. The van der Waals surface area contributed by atoms with Gasteiger partial charge in [0.15, 0.2) is 0 Å². The highest BCUT2D eigenvalue weighted by Gasteiger charge is 2.48. The summed E-state index contributed by atoms with van der Waals surface area (Å²) in [5.41, 5.74) is 2.75. The molecule has 2 aliphatic heterocycles. The summed E-state index contributed by atoms with van der Waals surface area (Å²) in [6.07, 6.45) is 11.3. The van der Waals surface area contributed by atoms with E-state index in [2.05, 4.69) is 41.7 Å². The first kappa shape index (κ1) is 19.1. The SMILES string of the molecule is c1ccc([C@]2(CCN[C@H]3CCOc4ccccc43)CCOC3(CCCC3)C2)nc1. The molecule has 0 radical (unpaired) electrons. The second kappa shape index (κ2) is 8.08. The molecule has 154 valence electrons. The maximum atomic E-state index is 6.38. The fourth-order valence-electron chi connectivity index (χ4n) is 5.84. The molecule has 2 fully saturated rings. The number of nitrogens with zero attached hydrogens (tertiary/aromatic N) is 1. The van der Waals surface area contributed by atoms with Crippen LogP contribution >= 0.6 is 0 Å². The van der Waals surface area contributed by atoms with Crippen molar-refractivity contribution in [3.05, 3.63) is 59.9 Å². The topological polar surface area (TPSA) is 43.4 Å². The molecule has 29 heavy (non-hydrogen) atoms. The first-order chi connectivity index (χ1) is 14.3. The zero-order valence-electron chi connectivity index (χ0n) is 17.2. The molecule has 2 atom stereocenters. The molecular formula is C25H32N2O2. The molecule has 1 N–H and O–H groups in total. The largest absolute Gasteiger partial charge is 0.493 e. The second-order valence-electron chi connectivity index (χ2n) is 9.09. The molecule has 1 spiro atoms. The van der Waals surface area contributed by atoms with Gasteiger partial charge >= 0.3 is 0 Å². The van der Waals surface area contributed by atoms with Crippen LogP contribution in [-0.4, -0.2) is 30.3 Å². The zero-order valence-corrected chi connectivity index (χ0v) is 17.2. The Morgan fingerprint density at radius 1 is 1.00 bits per heavy atom. The van der Waals surface area contributed by atoms with Gasteiger partial charge in [0.05, 0.1) is 12.2 Å². The molecule has 4 nitrogen and oxygen atoms in total. The van der Waals surface area contributed by atoms with E-state index >= 15 is 0 Å². The van der Waals surface area contributed by atoms with Gasteiger partial charge < -0.3 is 14.8 Å².